The Kier molecular flexibility index (Phi) is 7.34. The number of nitrogens with zero attached hydrogens (tertiary/aromatic N) is 2. The molecule has 0 unspecified atom stereocenters. The van der Waals surface area contributed by atoms with Crippen molar-refractivity contribution >= 4 is 11.6 Å². The molecule has 1 saturated heterocycles. The van der Waals surface area contributed by atoms with Crippen molar-refractivity contribution in [2.45, 2.75) is 13.0 Å². The summed E-state index contributed by atoms with van der Waals surface area (Å²) in [7, 11) is 0. The Morgan fingerprint density at radius 1 is 1.21 bits per heavy atom. The fourth-order valence-corrected chi connectivity index (χ4v) is 3.42. The second-order valence-corrected chi connectivity index (χ2v) is 6.80. The standard InChI is InChI=1S/C22H24N4O3/c1-17(22(18-7-3-2-4-8-18)26-11-13-28-14-12-26)24-25-21(27)16-29-20-10-6-5-9-19(20)15-23/h2-10,22H,11-14,16H2,1H3,(H,25,27)/p+1/b24-17-/t22-/m0/s1. The number of morpholine rings is 1. The molecule has 3 rings (SSSR count). The number of carbonyl (C=O) groups is 1. The maximum absolute atomic E-state index is 12.2. The summed E-state index contributed by atoms with van der Waals surface area (Å²) in [6.45, 7) is 4.90. The molecule has 29 heavy (non-hydrogen) atoms. The molecule has 0 aliphatic carbocycles. The van der Waals surface area contributed by atoms with Gasteiger partial charge in [-0.3, -0.25) is 4.79 Å². The zero-order valence-electron chi connectivity index (χ0n) is 16.4. The predicted octanol–water partition coefficient (Wildman–Crippen LogP) is 1.09. The Labute approximate surface area is 170 Å². The molecular weight excluding hydrogens is 368 g/mol. The Bertz CT molecular complexity index is 886. The summed E-state index contributed by atoms with van der Waals surface area (Å²) >= 11 is 0. The summed E-state index contributed by atoms with van der Waals surface area (Å²) in [5.74, 6) is 0.00616. The van der Waals surface area contributed by atoms with Gasteiger partial charge in [0.15, 0.2) is 12.6 Å². The lowest BCUT2D eigenvalue weighted by molar-refractivity contribution is -0.928. The number of ether oxygens (including phenoxy) is 2. The molecule has 1 atom stereocenters. The molecule has 0 bridgehead atoms. The number of quaternary nitrogens is 1. The topological polar surface area (TPSA) is 88.1 Å². The highest BCUT2D eigenvalue weighted by Crippen LogP contribution is 2.16. The third-order valence-electron chi connectivity index (χ3n) is 4.82. The van der Waals surface area contributed by atoms with E-state index in [-0.39, 0.29) is 18.6 Å². The van der Waals surface area contributed by atoms with Crippen molar-refractivity contribution in [1.82, 2.24) is 5.43 Å². The molecule has 0 spiro atoms. The van der Waals surface area contributed by atoms with E-state index in [4.69, 9.17) is 14.7 Å². The molecule has 1 aliphatic rings. The lowest BCUT2D eigenvalue weighted by atomic mass is 10.0. The highest BCUT2D eigenvalue weighted by atomic mass is 16.5. The van der Waals surface area contributed by atoms with E-state index in [9.17, 15) is 4.79 Å². The van der Waals surface area contributed by atoms with E-state index < -0.39 is 0 Å². The van der Waals surface area contributed by atoms with Gasteiger partial charge in [-0.2, -0.15) is 10.4 Å². The molecule has 7 nitrogen and oxygen atoms in total. The third kappa shape index (κ3) is 5.64. The number of nitrogens with one attached hydrogen (secondary N) is 2. The molecule has 0 saturated carbocycles. The van der Waals surface area contributed by atoms with Crippen LogP contribution in [0.15, 0.2) is 59.7 Å². The normalized spacial score (nSPS) is 15.9. The van der Waals surface area contributed by atoms with E-state index in [1.165, 1.54) is 4.90 Å². The van der Waals surface area contributed by atoms with Gasteiger partial charge in [-0.1, -0.05) is 42.5 Å². The van der Waals surface area contributed by atoms with E-state index in [1.807, 2.05) is 31.2 Å². The van der Waals surface area contributed by atoms with E-state index in [0.717, 1.165) is 24.4 Å². The van der Waals surface area contributed by atoms with Crippen LogP contribution >= 0.6 is 0 Å². The lowest BCUT2D eigenvalue weighted by Crippen LogP contribution is -3.15. The molecule has 2 N–H and O–H groups in total. The summed E-state index contributed by atoms with van der Waals surface area (Å²) < 4.78 is 10.9. The van der Waals surface area contributed by atoms with Gasteiger partial charge < -0.3 is 14.4 Å². The summed E-state index contributed by atoms with van der Waals surface area (Å²) in [6, 6.07) is 19.1. The second kappa shape index (κ2) is 10.4. The minimum Gasteiger partial charge on any atom is -0.482 e. The molecule has 1 fully saturated rings. The van der Waals surface area contributed by atoms with Crippen molar-refractivity contribution in [3.05, 3.63) is 65.7 Å². The number of rotatable bonds is 7. The van der Waals surface area contributed by atoms with E-state index >= 15 is 0 Å². The van der Waals surface area contributed by atoms with Gasteiger partial charge >= 0.3 is 0 Å². The Morgan fingerprint density at radius 2 is 1.90 bits per heavy atom. The molecule has 2 aromatic carbocycles. The van der Waals surface area contributed by atoms with Crippen LogP contribution in [-0.2, 0) is 9.53 Å². The van der Waals surface area contributed by atoms with Crippen LogP contribution in [0.3, 0.4) is 0 Å². The molecular formula is C22H25N4O3+. The Hall–Kier alpha value is -3.21. The number of hydrogen-bond donors (Lipinski definition) is 2. The van der Waals surface area contributed by atoms with Crippen LogP contribution in [0.5, 0.6) is 5.75 Å². The number of hydrogen-bond acceptors (Lipinski definition) is 5. The first-order valence-electron chi connectivity index (χ1n) is 9.61. The minimum absolute atomic E-state index is 0.0423. The van der Waals surface area contributed by atoms with Crippen LogP contribution in [0, 0.1) is 11.3 Å². The fraction of sp³-hybridized carbons (Fsp3) is 0.318. The highest BCUT2D eigenvalue weighted by Gasteiger charge is 2.29. The zero-order chi connectivity index (χ0) is 20.5. The molecule has 1 aliphatic heterocycles. The van der Waals surface area contributed by atoms with Crippen LogP contribution in [-0.4, -0.2) is 44.5 Å². The number of benzene rings is 2. The predicted molar refractivity (Wildman–Crippen MR) is 109 cm³/mol. The molecule has 2 aromatic rings. The summed E-state index contributed by atoms with van der Waals surface area (Å²) in [5.41, 5.74) is 4.94. The van der Waals surface area contributed by atoms with E-state index in [0.29, 0.717) is 24.5 Å². The number of hydrazone groups is 1. The van der Waals surface area contributed by atoms with E-state index in [2.05, 4.69) is 22.7 Å². The van der Waals surface area contributed by atoms with Gasteiger partial charge in [-0.15, -0.1) is 0 Å². The van der Waals surface area contributed by atoms with Crippen LogP contribution < -0.4 is 15.1 Å². The quantitative estimate of drug-likeness (QED) is 0.544. The zero-order valence-corrected chi connectivity index (χ0v) is 16.4. The van der Waals surface area contributed by atoms with Gasteiger partial charge in [0, 0.05) is 5.56 Å². The number of amides is 1. The van der Waals surface area contributed by atoms with Crippen LogP contribution in [0.25, 0.3) is 0 Å². The Balaban J connectivity index is 1.65. The molecule has 1 amide bonds. The minimum atomic E-state index is -0.374. The largest absolute Gasteiger partial charge is 0.482 e. The van der Waals surface area contributed by atoms with Crippen molar-refractivity contribution in [2.24, 2.45) is 5.10 Å². The maximum atomic E-state index is 12.2. The monoisotopic (exact) mass is 393 g/mol. The smallest absolute Gasteiger partial charge is 0.277 e. The van der Waals surface area contributed by atoms with Gasteiger partial charge in [-0.05, 0) is 19.1 Å². The van der Waals surface area contributed by atoms with Crippen LogP contribution in [0.2, 0.25) is 0 Å². The molecule has 1 heterocycles. The van der Waals surface area contributed by atoms with Crippen LogP contribution in [0.4, 0.5) is 0 Å². The first-order chi connectivity index (χ1) is 14.2. The van der Waals surface area contributed by atoms with Gasteiger partial charge in [0.05, 0.1) is 24.5 Å². The van der Waals surface area contributed by atoms with Gasteiger partial charge in [0.1, 0.15) is 24.9 Å². The van der Waals surface area contributed by atoms with Gasteiger partial charge in [0.2, 0.25) is 0 Å². The van der Waals surface area contributed by atoms with Crippen molar-refractivity contribution in [3.63, 3.8) is 0 Å². The first-order valence-corrected chi connectivity index (χ1v) is 9.61. The molecule has 0 aromatic heterocycles. The van der Waals surface area contributed by atoms with Crippen molar-refractivity contribution in [3.8, 4) is 11.8 Å². The lowest BCUT2D eigenvalue weighted by Gasteiger charge is -2.31. The van der Waals surface area contributed by atoms with Crippen molar-refractivity contribution in [1.29, 1.82) is 5.26 Å². The molecule has 150 valence electrons. The summed E-state index contributed by atoms with van der Waals surface area (Å²) in [6.07, 6.45) is 0. The second-order valence-electron chi connectivity index (χ2n) is 6.80. The van der Waals surface area contributed by atoms with Crippen LogP contribution in [0.1, 0.15) is 24.1 Å². The average Bonchev–Trinajstić information content (AvgIpc) is 2.78. The van der Waals surface area contributed by atoms with E-state index in [1.54, 1.807) is 24.3 Å². The number of carbonyl (C=O) groups excluding carboxylic acids is 1. The summed E-state index contributed by atoms with van der Waals surface area (Å²) in [5, 5.41) is 13.4. The van der Waals surface area contributed by atoms with Gasteiger partial charge in [-0.25, -0.2) is 5.43 Å². The SMILES string of the molecule is C/C(=N/NC(=O)COc1ccccc1C#N)[C@@H](c1ccccc1)[NH+]1CCOCC1. The fourth-order valence-electron chi connectivity index (χ4n) is 3.42. The number of nitriles is 1. The van der Waals surface area contributed by atoms with Crippen molar-refractivity contribution in [2.75, 3.05) is 32.9 Å². The Morgan fingerprint density at radius 3 is 2.62 bits per heavy atom. The van der Waals surface area contributed by atoms with Gasteiger partial charge in [0.25, 0.3) is 5.91 Å². The third-order valence-corrected chi connectivity index (χ3v) is 4.82. The first kappa shape index (κ1) is 20.5. The highest BCUT2D eigenvalue weighted by molar-refractivity contribution is 5.88. The maximum Gasteiger partial charge on any atom is 0.277 e. The molecule has 7 heteroatoms. The molecule has 0 radical (unpaired) electrons. The van der Waals surface area contributed by atoms with Crippen molar-refractivity contribution < 1.29 is 19.2 Å². The number of para-hydroxylation sites is 1. The summed E-state index contributed by atoms with van der Waals surface area (Å²) in [4.78, 5) is 13.6. The average molecular weight is 393 g/mol.